The third-order valence-electron chi connectivity index (χ3n) is 4.52. The molecule has 0 aliphatic carbocycles. The number of para-hydroxylation sites is 1. The van der Waals surface area contributed by atoms with Crippen molar-refractivity contribution < 1.29 is 9.59 Å². The molecule has 2 aromatic rings. The second kappa shape index (κ2) is 9.46. The van der Waals surface area contributed by atoms with E-state index in [2.05, 4.69) is 17.6 Å². The number of nitrogens with zero attached hydrogens (tertiary/aromatic N) is 1. The second-order valence-electron chi connectivity index (χ2n) is 6.43. The maximum Gasteiger partial charge on any atom is 0.319 e. The predicted octanol–water partition coefficient (Wildman–Crippen LogP) is 4.28. The number of benzene rings is 2. The number of hydrogen-bond acceptors (Lipinski definition) is 3. The number of anilines is 1. The van der Waals surface area contributed by atoms with Gasteiger partial charge in [0.1, 0.15) is 0 Å². The average Bonchev–Trinajstić information content (AvgIpc) is 3.08. The highest BCUT2D eigenvalue weighted by Crippen LogP contribution is 2.27. The molecule has 1 aliphatic rings. The van der Waals surface area contributed by atoms with E-state index >= 15 is 0 Å². The number of thioether (sulfide) groups is 1. The van der Waals surface area contributed by atoms with E-state index in [1.165, 1.54) is 0 Å². The topological polar surface area (TPSA) is 61.4 Å². The van der Waals surface area contributed by atoms with Crippen LogP contribution in [0.2, 0.25) is 0 Å². The van der Waals surface area contributed by atoms with E-state index in [1.807, 2.05) is 59.5 Å². The van der Waals surface area contributed by atoms with Crippen molar-refractivity contribution in [3.05, 3.63) is 60.2 Å². The molecule has 27 heavy (non-hydrogen) atoms. The van der Waals surface area contributed by atoms with E-state index in [1.54, 1.807) is 11.8 Å². The lowest BCUT2D eigenvalue weighted by atomic mass is 10.1. The molecule has 1 saturated heterocycles. The molecule has 142 valence electrons. The highest BCUT2D eigenvalue weighted by atomic mass is 32.2. The number of carbonyl (C=O) groups excluding carboxylic acids is 2. The summed E-state index contributed by atoms with van der Waals surface area (Å²) >= 11 is 1.69. The zero-order valence-electron chi connectivity index (χ0n) is 15.5. The largest absolute Gasteiger partial charge is 0.340 e. The summed E-state index contributed by atoms with van der Waals surface area (Å²) in [5, 5.41) is 6.00. The number of rotatable bonds is 7. The van der Waals surface area contributed by atoms with E-state index < -0.39 is 0 Å². The maximum atomic E-state index is 12.7. The third kappa shape index (κ3) is 5.26. The molecule has 0 bridgehead atoms. The van der Waals surface area contributed by atoms with Gasteiger partial charge in [-0.2, -0.15) is 0 Å². The Balaban J connectivity index is 1.71. The zero-order valence-corrected chi connectivity index (χ0v) is 16.3. The first-order valence-electron chi connectivity index (χ1n) is 9.29. The molecule has 5 nitrogen and oxygen atoms in total. The van der Waals surface area contributed by atoms with Crippen LogP contribution in [-0.4, -0.2) is 35.7 Å². The Hall–Kier alpha value is -2.47. The van der Waals surface area contributed by atoms with Gasteiger partial charge in [0.2, 0.25) is 5.91 Å². The number of amides is 3. The summed E-state index contributed by atoms with van der Waals surface area (Å²) in [6.45, 7) is 3.32. The molecule has 3 amide bonds. The Kier molecular flexibility index (Phi) is 6.76. The lowest BCUT2D eigenvalue weighted by Crippen LogP contribution is -2.40. The van der Waals surface area contributed by atoms with Crippen molar-refractivity contribution in [2.45, 2.75) is 30.7 Å². The fourth-order valence-corrected chi connectivity index (χ4v) is 3.97. The van der Waals surface area contributed by atoms with Gasteiger partial charge in [0.05, 0.1) is 11.7 Å². The van der Waals surface area contributed by atoms with Crippen molar-refractivity contribution in [3.63, 3.8) is 0 Å². The van der Waals surface area contributed by atoms with Crippen molar-refractivity contribution >= 4 is 29.4 Å². The summed E-state index contributed by atoms with van der Waals surface area (Å²) in [4.78, 5) is 27.6. The van der Waals surface area contributed by atoms with Gasteiger partial charge in [-0.15, -0.1) is 11.8 Å². The standard InChI is InChI=1S/C21H25N3O2S/c1-2-27-19-12-7-6-11-17(19)22-21(26)23-18(16-9-4-3-5-10-16)15-24-14-8-13-20(24)25/h3-7,9-12,18H,2,8,13-15H2,1H3,(H2,22,23,26). The maximum absolute atomic E-state index is 12.7. The third-order valence-corrected chi connectivity index (χ3v) is 5.47. The molecule has 0 aromatic heterocycles. The van der Waals surface area contributed by atoms with Gasteiger partial charge in [0.15, 0.2) is 0 Å². The van der Waals surface area contributed by atoms with Crippen LogP contribution in [0.3, 0.4) is 0 Å². The minimum Gasteiger partial charge on any atom is -0.340 e. The average molecular weight is 384 g/mol. The molecule has 1 unspecified atom stereocenters. The fourth-order valence-electron chi connectivity index (χ4n) is 3.21. The number of carbonyl (C=O) groups is 2. The van der Waals surface area contributed by atoms with Crippen LogP contribution in [-0.2, 0) is 4.79 Å². The van der Waals surface area contributed by atoms with Gasteiger partial charge in [-0.1, -0.05) is 49.4 Å². The van der Waals surface area contributed by atoms with Gasteiger partial charge in [-0.25, -0.2) is 4.79 Å². The molecule has 0 radical (unpaired) electrons. The Bertz CT molecular complexity index is 782. The SMILES string of the molecule is CCSc1ccccc1NC(=O)NC(CN1CCCC1=O)c1ccccc1. The summed E-state index contributed by atoms with van der Waals surface area (Å²) < 4.78 is 0. The van der Waals surface area contributed by atoms with Crippen molar-refractivity contribution in [3.8, 4) is 0 Å². The van der Waals surface area contributed by atoms with E-state index in [0.29, 0.717) is 13.0 Å². The summed E-state index contributed by atoms with van der Waals surface area (Å²) in [6, 6.07) is 17.1. The van der Waals surface area contributed by atoms with E-state index in [0.717, 1.165) is 34.9 Å². The Morgan fingerprint density at radius 2 is 1.89 bits per heavy atom. The summed E-state index contributed by atoms with van der Waals surface area (Å²) in [5.74, 6) is 1.09. The smallest absolute Gasteiger partial charge is 0.319 e. The minimum atomic E-state index is -0.264. The lowest BCUT2D eigenvalue weighted by molar-refractivity contribution is -0.128. The fraction of sp³-hybridized carbons (Fsp3) is 0.333. The molecule has 0 saturated carbocycles. The number of likely N-dealkylation sites (tertiary alicyclic amines) is 1. The molecule has 1 heterocycles. The van der Waals surface area contributed by atoms with Crippen LogP contribution in [0, 0.1) is 0 Å². The van der Waals surface area contributed by atoms with Gasteiger partial charge >= 0.3 is 6.03 Å². The molecular formula is C21H25N3O2S. The van der Waals surface area contributed by atoms with E-state index in [-0.39, 0.29) is 18.0 Å². The number of hydrogen-bond donors (Lipinski definition) is 2. The van der Waals surface area contributed by atoms with Crippen molar-refractivity contribution in [1.29, 1.82) is 0 Å². The first-order chi connectivity index (χ1) is 13.2. The van der Waals surface area contributed by atoms with Gasteiger partial charge in [-0.05, 0) is 29.9 Å². The van der Waals surface area contributed by atoms with Gasteiger partial charge in [-0.3, -0.25) is 4.79 Å². The minimum absolute atomic E-state index is 0.155. The molecule has 2 N–H and O–H groups in total. The van der Waals surface area contributed by atoms with Crippen molar-refractivity contribution in [1.82, 2.24) is 10.2 Å². The Morgan fingerprint density at radius 1 is 1.15 bits per heavy atom. The van der Waals surface area contributed by atoms with Crippen LogP contribution in [0.15, 0.2) is 59.5 Å². The van der Waals surface area contributed by atoms with Crippen LogP contribution >= 0.6 is 11.8 Å². The van der Waals surface area contributed by atoms with Crippen LogP contribution in [0.1, 0.15) is 31.4 Å². The molecule has 3 rings (SSSR count). The molecule has 0 spiro atoms. The second-order valence-corrected chi connectivity index (χ2v) is 7.74. The Labute approximate surface area is 164 Å². The van der Waals surface area contributed by atoms with Crippen molar-refractivity contribution in [2.75, 3.05) is 24.2 Å². The molecular weight excluding hydrogens is 358 g/mol. The van der Waals surface area contributed by atoms with Crippen LogP contribution < -0.4 is 10.6 Å². The highest BCUT2D eigenvalue weighted by molar-refractivity contribution is 7.99. The molecule has 2 aromatic carbocycles. The molecule has 1 aliphatic heterocycles. The van der Waals surface area contributed by atoms with E-state index in [4.69, 9.17) is 0 Å². The van der Waals surface area contributed by atoms with Crippen LogP contribution in [0.5, 0.6) is 0 Å². The van der Waals surface area contributed by atoms with E-state index in [9.17, 15) is 9.59 Å². The number of urea groups is 1. The van der Waals surface area contributed by atoms with Crippen LogP contribution in [0.4, 0.5) is 10.5 Å². The van der Waals surface area contributed by atoms with Gasteiger partial charge in [0, 0.05) is 24.4 Å². The summed E-state index contributed by atoms with van der Waals surface area (Å²) in [6.07, 6.45) is 1.48. The molecule has 6 heteroatoms. The summed E-state index contributed by atoms with van der Waals surface area (Å²) in [7, 11) is 0. The molecule has 1 atom stereocenters. The molecule has 1 fully saturated rings. The lowest BCUT2D eigenvalue weighted by Gasteiger charge is -2.25. The normalized spacial score (nSPS) is 14.9. The Morgan fingerprint density at radius 3 is 2.59 bits per heavy atom. The quantitative estimate of drug-likeness (QED) is 0.702. The first-order valence-corrected chi connectivity index (χ1v) is 10.3. The first kappa shape index (κ1) is 19.3. The predicted molar refractivity (Wildman–Crippen MR) is 110 cm³/mol. The van der Waals surface area contributed by atoms with Crippen LogP contribution in [0.25, 0.3) is 0 Å². The highest BCUT2D eigenvalue weighted by Gasteiger charge is 2.25. The zero-order chi connectivity index (χ0) is 19.1. The summed E-state index contributed by atoms with van der Waals surface area (Å²) in [5.41, 5.74) is 1.79. The van der Waals surface area contributed by atoms with Crippen molar-refractivity contribution in [2.24, 2.45) is 0 Å². The van der Waals surface area contributed by atoms with Gasteiger partial charge in [0.25, 0.3) is 0 Å². The monoisotopic (exact) mass is 383 g/mol. The van der Waals surface area contributed by atoms with Gasteiger partial charge < -0.3 is 15.5 Å². The number of nitrogens with one attached hydrogen (secondary N) is 2.